The van der Waals surface area contributed by atoms with Gasteiger partial charge in [-0.25, -0.2) is 0 Å². The average Bonchev–Trinajstić information content (AvgIpc) is 3.89. The Labute approximate surface area is 352 Å². The van der Waals surface area contributed by atoms with E-state index in [0.717, 1.165) is 27.5 Å². The van der Waals surface area contributed by atoms with Crippen LogP contribution < -0.4 is 0 Å². The fraction of sp³-hybridized carbons (Fsp3) is 0. The third kappa shape index (κ3) is 4.87. The van der Waals surface area contributed by atoms with Crippen LogP contribution in [-0.2, 0) is 0 Å². The maximum atomic E-state index is 6.66. The minimum absolute atomic E-state index is 0.127. The van der Waals surface area contributed by atoms with Crippen LogP contribution in [0.3, 0.4) is 0 Å². The molecule has 0 saturated heterocycles. The second kappa shape index (κ2) is 13.1. The van der Waals surface area contributed by atoms with Crippen molar-refractivity contribution in [1.29, 1.82) is 0 Å². The van der Waals surface area contributed by atoms with Gasteiger partial charge in [0.25, 0.3) is 0 Å². The van der Waals surface area contributed by atoms with Gasteiger partial charge in [0.1, 0.15) is 0 Å². The van der Waals surface area contributed by atoms with Gasteiger partial charge in [0.05, 0.1) is 0 Å². The molecule has 2 heterocycles. The van der Waals surface area contributed by atoms with Gasteiger partial charge in [-0.05, 0) is 0 Å². The van der Waals surface area contributed by atoms with Gasteiger partial charge in [-0.2, -0.15) is 0 Å². The molecule has 0 N–H and O–H groups in total. The summed E-state index contributed by atoms with van der Waals surface area (Å²) in [6.45, 7) is 0. The van der Waals surface area contributed by atoms with E-state index in [0.29, 0.717) is 0 Å². The van der Waals surface area contributed by atoms with Crippen LogP contribution in [0.5, 0.6) is 0 Å². The van der Waals surface area contributed by atoms with Crippen LogP contribution in [0, 0.1) is 0 Å². The molecule has 2 heteroatoms. The van der Waals surface area contributed by atoms with E-state index in [1.54, 1.807) is 0 Å². The molecule has 0 aliphatic carbocycles. The van der Waals surface area contributed by atoms with Gasteiger partial charge in [0.2, 0.25) is 0 Å². The van der Waals surface area contributed by atoms with Crippen molar-refractivity contribution in [2.45, 2.75) is 0 Å². The molecule has 0 aliphatic rings. The van der Waals surface area contributed by atoms with Crippen molar-refractivity contribution in [2.24, 2.45) is 0 Å². The summed E-state index contributed by atoms with van der Waals surface area (Å²) in [5.41, 5.74) is 11.9. The van der Waals surface area contributed by atoms with Crippen molar-refractivity contribution in [3.05, 3.63) is 206 Å². The molecule has 11 aromatic carbocycles. The minimum atomic E-state index is 0.127. The molecule has 278 valence electrons. The van der Waals surface area contributed by atoms with Crippen molar-refractivity contribution in [2.75, 3.05) is 0 Å². The van der Waals surface area contributed by atoms with Crippen LogP contribution in [-0.4, -0.2) is 14.5 Å². The number of para-hydroxylation sites is 2. The molecule has 0 aliphatic heterocycles. The van der Waals surface area contributed by atoms with Crippen molar-refractivity contribution in [3.8, 4) is 44.5 Å². The molecule has 0 unspecified atom stereocenters. The Morgan fingerprint density at radius 3 is 1.33 bits per heavy atom. The zero-order chi connectivity index (χ0) is 39.3. The Balaban J connectivity index is 1.06. The summed E-state index contributed by atoms with van der Waals surface area (Å²) in [6.07, 6.45) is 0. The van der Waals surface area contributed by atoms with Gasteiger partial charge in [0.15, 0.2) is 0 Å². The van der Waals surface area contributed by atoms with E-state index in [1.807, 2.05) is 0 Å². The molecule has 0 amide bonds. The molecule has 13 aromatic rings. The number of benzene rings is 11. The predicted octanol–water partition coefficient (Wildman–Crippen LogP) is 16.2. The molecule has 1 nitrogen and oxygen atoms in total. The molecule has 0 radical (unpaired) electrons. The molecule has 0 fully saturated rings. The van der Waals surface area contributed by atoms with E-state index in [2.05, 4.69) is 206 Å². The van der Waals surface area contributed by atoms with Crippen molar-refractivity contribution < 1.29 is 4.42 Å². The second-order valence-electron chi connectivity index (χ2n) is 15.8. The molecule has 60 heavy (non-hydrogen) atoms. The van der Waals surface area contributed by atoms with E-state index in [9.17, 15) is 0 Å². The number of rotatable bonds is 4. The Hall–Kier alpha value is -7.22. The summed E-state index contributed by atoms with van der Waals surface area (Å²) in [4.78, 5) is 0. The van der Waals surface area contributed by atoms with Gasteiger partial charge in [-0.15, -0.1) is 0 Å². The van der Waals surface area contributed by atoms with Crippen LogP contribution >= 0.6 is 0 Å². The monoisotopic (exact) mass is 826 g/mol. The number of furan rings is 1. The summed E-state index contributed by atoms with van der Waals surface area (Å²) in [7, 11) is 0. The van der Waals surface area contributed by atoms with Crippen molar-refractivity contribution in [3.63, 3.8) is 0 Å². The van der Waals surface area contributed by atoms with Gasteiger partial charge in [-0.1, -0.05) is 0 Å². The molecular formula is C58H34OSe. The number of hydrogen-bond acceptors (Lipinski definition) is 1. The van der Waals surface area contributed by atoms with Crippen molar-refractivity contribution in [1.82, 2.24) is 0 Å². The third-order valence-corrected chi connectivity index (χ3v) is 15.2. The summed E-state index contributed by atoms with van der Waals surface area (Å²) in [5, 5.41) is 15.1. The summed E-state index contributed by atoms with van der Waals surface area (Å²) in [5.74, 6) is 0. The molecular weight excluding hydrogens is 792 g/mol. The number of hydrogen-bond donors (Lipinski definition) is 0. The van der Waals surface area contributed by atoms with Crippen LogP contribution in [0.15, 0.2) is 211 Å². The molecule has 2 aromatic heterocycles. The quantitative estimate of drug-likeness (QED) is 0.127. The third-order valence-electron chi connectivity index (χ3n) is 12.7. The topological polar surface area (TPSA) is 13.1 Å². The van der Waals surface area contributed by atoms with E-state index < -0.39 is 0 Å². The second-order valence-corrected chi connectivity index (χ2v) is 18.0. The Kier molecular flexibility index (Phi) is 7.39. The first kappa shape index (κ1) is 33.7. The predicted molar refractivity (Wildman–Crippen MR) is 257 cm³/mol. The Morgan fingerprint density at radius 2 is 0.733 bits per heavy atom. The zero-order valence-corrected chi connectivity index (χ0v) is 34.2. The summed E-state index contributed by atoms with van der Waals surface area (Å²) in [6, 6.07) is 76.0. The normalized spacial score (nSPS) is 12.0. The van der Waals surface area contributed by atoms with Crippen LogP contribution in [0.2, 0.25) is 0 Å². The molecule has 0 atom stereocenters. The first-order valence-corrected chi connectivity index (χ1v) is 22.3. The molecule has 0 saturated carbocycles. The average molecular weight is 826 g/mol. The van der Waals surface area contributed by atoms with Crippen LogP contribution in [0.4, 0.5) is 0 Å². The fourth-order valence-electron chi connectivity index (χ4n) is 10.2. The molecule has 13 rings (SSSR count). The van der Waals surface area contributed by atoms with Gasteiger partial charge < -0.3 is 0 Å². The van der Waals surface area contributed by atoms with Crippen molar-refractivity contribution >= 4 is 98.8 Å². The Morgan fingerprint density at radius 1 is 0.283 bits per heavy atom. The van der Waals surface area contributed by atoms with Crippen LogP contribution in [0.1, 0.15) is 0 Å². The first-order valence-electron chi connectivity index (χ1n) is 20.6. The van der Waals surface area contributed by atoms with E-state index in [4.69, 9.17) is 4.42 Å². The summed E-state index contributed by atoms with van der Waals surface area (Å²) < 4.78 is 9.55. The molecule has 0 bridgehead atoms. The zero-order valence-electron chi connectivity index (χ0n) is 32.4. The Bertz CT molecular complexity index is 3770. The van der Waals surface area contributed by atoms with Gasteiger partial charge in [0, 0.05) is 0 Å². The van der Waals surface area contributed by atoms with E-state index in [1.165, 1.54) is 101 Å². The van der Waals surface area contributed by atoms with E-state index in [-0.39, 0.29) is 14.5 Å². The van der Waals surface area contributed by atoms with Crippen LogP contribution in [0.25, 0.3) is 129 Å². The molecule has 0 spiro atoms. The van der Waals surface area contributed by atoms with E-state index >= 15 is 0 Å². The first-order chi connectivity index (χ1) is 29.8. The standard InChI is InChI=1S/C58H34OSe/c1-2-16-35(17-3-1)53-38-19-4-6-21-40(38)54(41-22-7-5-20-39(41)53)36-32-33-52-50(34-36)47-28-15-30-49(58(47)60-52)56-44-25-10-8-23-42(44)55(43-24-9-11-26-45(43)56)48-29-14-27-46-37-18-12-13-31-51(37)59-57(46)48/h1-34H. The number of fused-ring (bicyclic) bond motifs is 10. The fourth-order valence-corrected chi connectivity index (χ4v) is 12.7. The maximum absolute atomic E-state index is 6.66. The summed E-state index contributed by atoms with van der Waals surface area (Å²) >= 11 is 0.127. The van der Waals surface area contributed by atoms with Gasteiger partial charge >= 0.3 is 354 Å². The van der Waals surface area contributed by atoms with Gasteiger partial charge in [-0.3, -0.25) is 0 Å². The SMILES string of the molecule is c1ccc(-c2c3ccccc3c(-c3ccc4[se]c5c(-c6c7ccccc7c(-c7cccc8c7oc7ccccc78)c7ccccc67)cccc5c4c3)c3ccccc23)cc1.